The maximum atomic E-state index is 11.4. The van der Waals surface area contributed by atoms with Gasteiger partial charge in [-0.25, -0.2) is 9.52 Å². The zero-order chi connectivity index (χ0) is 14.1. The number of nitrogens with one attached hydrogen (secondary N) is 3. The minimum absolute atomic E-state index is 0.239. The van der Waals surface area contributed by atoms with Gasteiger partial charge in [0, 0.05) is 19.1 Å². The van der Waals surface area contributed by atoms with E-state index in [1.165, 1.54) is 25.7 Å². The van der Waals surface area contributed by atoms with Crippen molar-refractivity contribution in [2.24, 2.45) is 0 Å². The molecule has 19 heavy (non-hydrogen) atoms. The van der Waals surface area contributed by atoms with Gasteiger partial charge in [0.1, 0.15) is 0 Å². The molecule has 8 heteroatoms. The third-order valence-electron chi connectivity index (χ3n) is 3.11. The molecule has 0 aromatic rings. The van der Waals surface area contributed by atoms with Crippen molar-refractivity contribution in [3.63, 3.8) is 0 Å². The lowest BCUT2D eigenvalue weighted by Gasteiger charge is -2.16. The zero-order valence-corrected chi connectivity index (χ0v) is 12.1. The Balaban J connectivity index is 2.17. The number of methoxy groups -OCH3 is 1. The van der Waals surface area contributed by atoms with Crippen molar-refractivity contribution < 1.29 is 17.9 Å². The lowest BCUT2D eigenvalue weighted by molar-refractivity contribution is 0.177. The predicted octanol–water partition coefficient (Wildman–Crippen LogP) is 0.489. The second-order valence-electron chi connectivity index (χ2n) is 4.63. The van der Waals surface area contributed by atoms with Gasteiger partial charge in [0.25, 0.3) is 0 Å². The summed E-state index contributed by atoms with van der Waals surface area (Å²) in [6.45, 7) is 0.787. The summed E-state index contributed by atoms with van der Waals surface area (Å²) >= 11 is 0. The maximum absolute atomic E-state index is 11.4. The second kappa shape index (κ2) is 8.34. The third-order valence-corrected chi connectivity index (χ3v) is 4.13. The number of amides is 1. The number of carbonyl (C=O) groups is 1. The van der Waals surface area contributed by atoms with Crippen LogP contribution in [0.15, 0.2) is 0 Å². The van der Waals surface area contributed by atoms with Crippen molar-refractivity contribution in [1.29, 1.82) is 0 Å². The first kappa shape index (κ1) is 16.2. The molecule has 1 fully saturated rings. The SMILES string of the molecule is COC(=O)NS(=O)(=O)NCCNC1CCCCCC1. The summed E-state index contributed by atoms with van der Waals surface area (Å²) in [6, 6.07) is 0.473. The maximum Gasteiger partial charge on any atom is 0.421 e. The van der Waals surface area contributed by atoms with Crippen molar-refractivity contribution in [3.8, 4) is 0 Å². The van der Waals surface area contributed by atoms with Crippen LogP contribution in [0.1, 0.15) is 38.5 Å². The van der Waals surface area contributed by atoms with Crippen LogP contribution in [-0.2, 0) is 14.9 Å². The van der Waals surface area contributed by atoms with Gasteiger partial charge in [-0.15, -0.1) is 0 Å². The summed E-state index contributed by atoms with van der Waals surface area (Å²) in [6.07, 6.45) is 6.33. The molecule has 0 heterocycles. The summed E-state index contributed by atoms with van der Waals surface area (Å²) in [4.78, 5) is 10.8. The lowest BCUT2D eigenvalue weighted by atomic mass is 10.1. The van der Waals surface area contributed by atoms with E-state index in [0.29, 0.717) is 12.6 Å². The van der Waals surface area contributed by atoms with Crippen LogP contribution in [0.3, 0.4) is 0 Å². The highest BCUT2D eigenvalue weighted by Gasteiger charge is 2.14. The average Bonchev–Trinajstić information content (AvgIpc) is 2.62. The molecule has 112 valence electrons. The van der Waals surface area contributed by atoms with Crippen LogP contribution in [0.5, 0.6) is 0 Å². The van der Waals surface area contributed by atoms with Crippen LogP contribution in [0.25, 0.3) is 0 Å². The Bertz CT molecular complexity index is 364. The average molecular weight is 293 g/mol. The van der Waals surface area contributed by atoms with E-state index >= 15 is 0 Å². The highest BCUT2D eigenvalue weighted by atomic mass is 32.2. The van der Waals surface area contributed by atoms with Gasteiger partial charge in [-0.2, -0.15) is 13.1 Å². The normalized spacial score (nSPS) is 17.7. The van der Waals surface area contributed by atoms with Gasteiger partial charge in [0.2, 0.25) is 0 Å². The van der Waals surface area contributed by atoms with Crippen molar-refractivity contribution >= 4 is 16.3 Å². The smallest absolute Gasteiger partial charge is 0.421 e. The first-order valence-corrected chi connectivity index (χ1v) is 8.10. The Kier molecular flexibility index (Phi) is 7.11. The quantitative estimate of drug-likeness (QED) is 0.489. The Hall–Kier alpha value is -0.860. The Morgan fingerprint density at radius 1 is 1.16 bits per heavy atom. The minimum Gasteiger partial charge on any atom is -0.452 e. The van der Waals surface area contributed by atoms with Crippen LogP contribution >= 0.6 is 0 Å². The molecule has 0 aromatic carbocycles. The molecule has 0 aliphatic heterocycles. The number of hydrogen-bond acceptors (Lipinski definition) is 5. The van der Waals surface area contributed by atoms with Crippen molar-refractivity contribution in [1.82, 2.24) is 14.8 Å². The van der Waals surface area contributed by atoms with Gasteiger partial charge in [-0.1, -0.05) is 25.7 Å². The summed E-state index contributed by atoms with van der Waals surface area (Å²) in [5.41, 5.74) is 0. The Labute approximate surface area is 114 Å². The molecule has 3 N–H and O–H groups in total. The van der Waals surface area contributed by atoms with Crippen molar-refractivity contribution in [2.45, 2.75) is 44.6 Å². The number of carbonyl (C=O) groups excluding carboxylic acids is 1. The van der Waals surface area contributed by atoms with E-state index in [2.05, 4.69) is 14.8 Å². The molecule has 1 rings (SSSR count). The van der Waals surface area contributed by atoms with E-state index in [-0.39, 0.29) is 6.54 Å². The summed E-state index contributed by atoms with van der Waals surface area (Å²) in [5, 5.41) is 3.33. The zero-order valence-electron chi connectivity index (χ0n) is 11.3. The van der Waals surface area contributed by atoms with Crippen molar-refractivity contribution in [2.75, 3.05) is 20.2 Å². The first-order valence-electron chi connectivity index (χ1n) is 6.62. The number of ether oxygens (including phenoxy) is 1. The topological polar surface area (TPSA) is 96.5 Å². The van der Waals surface area contributed by atoms with Gasteiger partial charge in [0.05, 0.1) is 7.11 Å². The Morgan fingerprint density at radius 2 is 1.79 bits per heavy atom. The largest absolute Gasteiger partial charge is 0.452 e. The lowest BCUT2D eigenvalue weighted by Crippen LogP contribution is -2.43. The van der Waals surface area contributed by atoms with E-state index in [1.54, 1.807) is 4.72 Å². The van der Waals surface area contributed by atoms with Gasteiger partial charge in [-0.05, 0) is 12.8 Å². The second-order valence-corrected chi connectivity index (χ2v) is 6.13. The van der Waals surface area contributed by atoms with Gasteiger partial charge in [-0.3, -0.25) is 0 Å². The fourth-order valence-corrected chi connectivity index (χ4v) is 2.88. The molecule has 0 spiro atoms. The highest BCUT2D eigenvalue weighted by molar-refractivity contribution is 7.88. The molecule has 0 bridgehead atoms. The summed E-state index contributed by atoms with van der Waals surface area (Å²) in [5.74, 6) is 0. The molecule has 7 nitrogen and oxygen atoms in total. The predicted molar refractivity (Wildman–Crippen MR) is 72.0 cm³/mol. The van der Waals surface area contributed by atoms with Crippen molar-refractivity contribution in [3.05, 3.63) is 0 Å². The molecule has 1 aliphatic rings. The molecule has 0 atom stereocenters. The first-order chi connectivity index (χ1) is 9.03. The summed E-state index contributed by atoms with van der Waals surface area (Å²) < 4.78 is 30.9. The molecular weight excluding hydrogens is 270 g/mol. The molecule has 0 radical (unpaired) electrons. The van der Waals surface area contributed by atoms with E-state index < -0.39 is 16.3 Å². The van der Waals surface area contributed by atoms with Gasteiger partial charge >= 0.3 is 16.3 Å². The fourth-order valence-electron chi connectivity index (χ4n) is 2.13. The molecular formula is C11H23N3O4S. The van der Waals surface area contributed by atoms with E-state index in [0.717, 1.165) is 20.0 Å². The highest BCUT2D eigenvalue weighted by Crippen LogP contribution is 2.16. The molecule has 1 amide bonds. The molecule has 1 aliphatic carbocycles. The third kappa shape index (κ3) is 7.34. The fraction of sp³-hybridized carbons (Fsp3) is 0.909. The van der Waals surface area contributed by atoms with Crippen LogP contribution in [0, 0.1) is 0 Å². The van der Waals surface area contributed by atoms with Crippen LogP contribution in [0.2, 0.25) is 0 Å². The van der Waals surface area contributed by atoms with Crippen LogP contribution in [-0.4, -0.2) is 40.8 Å². The van der Waals surface area contributed by atoms with Gasteiger partial charge < -0.3 is 10.1 Å². The summed E-state index contributed by atoms with van der Waals surface area (Å²) in [7, 11) is -2.71. The Morgan fingerprint density at radius 3 is 2.37 bits per heavy atom. The number of hydrogen-bond donors (Lipinski definition) is 3. The number of rotatable bonds is 6. The molecule has 0 saturated heterocycles. The van der Waals surface area contributed by atoms with E-state index in [9.17, 15) is 13.2 Å². The van der Waals surface area contributed by atoms with E-state index in [4.69, 9.17) is 0 Å². The molecule has 1 saturated carbocycles. The molecule has 0 unspecified atom stereocenters. The molecule has 0 aromatic heterocycles. The van der Waals surface area contributed by atoms with Crippen LogP contribution in [0.4, 0.5) is 4.79 Å². The standard InChI is InChI=1S/C11H23N3O4S/c1-18-11(15)14-19(16,17)13-9-8-12-10-6-4-2-3-5-7-10/h10,12-13H,2-9H2,1H3,(H,14,15). The van der Waals surface area contributed by atoms with Gasteiger partial charge in [0.15, 0.2) is 0 Å². The van der Waals surface area contributed by atoms with Crippen LogP contribution < -0.4 is 14.8 Å². The van der Waals surface area contributed by atoms with E-state index in [1.807, 2.05) is 0 Å². The minimum atomic E-state index is -3.82. The monoisotopic (exact) mass is 293 g/mol.